The normalized spacial score (nSPS) is 16.3. The fraction of sp³-hybridized carbons (Fsp3) is 0.190. The van der Waals surface area contributed by atoms with E-state index in [0.717, 1.165) is 26.9 Å². The van der Waals surface area contributed by atoms with E-state index in [1.54, 1.807) is 18.2 Å². The molecule has 0 saturated carbocycles. The van der Waals surface area contributed by atoms with Crippen molar-refractivity contribution in [2.75, 3.05) is 11.9 Å². The van der Waals surface area contributed by atoms with Crippen LogP contribution in [0, 0.1) is 6.92 Å². The van der Waals surface area contributed by atoms with Crippen molar-refractivity contribution in [2.24, 2.45) is 0 Å². The van der Waals surface area contributed by atoms with E-state index < -0.39 is 23.9 Å². The van der Waals surface area contributed by atoms with Gasteiger partial charge in [-0.2, -0.15) is 0 Å². The Labute approximate surface area is 172 Å². The number of urea groups is 1. The van der Waals surface area contributed by atoms with E-state index in [9.17, 15) is 14.4 Å². The summed E-state index contributed by atoms with van der Waals surface area (Å²) >= 11 is 6.06. The number of aromatic nitrogens is 1. The fourth-order valence-corrected chi connectivity index (χ4v) is 3.58. The molecule has 1 atom stereocenters. The smallest absolute Gasteiger partial charge is 0.325 e. The molecule has 0 aliphatic carbocycles. The summed E-state index contributed by atoms with van der Waals surface area (Å²) < 4.78 is 0. The molecule has 0 spiro atoms. The van der Waals surface area contributed by atoms with Gasteiger partial charge in [-0.25, -0.2) is 4.79 Å². The van der Waals surface area contributed by atoms with Gasteiger partial charge in [0.25, 0.3) is 5.91 Å². The Hall–Kier alpha value is -3.32. The Bertz CT molecular complexity index is 1120. The second kappa shape index (κ2) is 7.60. The number of fused-ring (bicyclic) bond motifs is 1. The van der Waals surface area contributed by atoms with Crippen molar-refractivity contribution in [1.29, 1.82) is 0 Å². The molecule has 4 amide bonds. The summed E-state index contributed by atoms with van der Waals surface area (Å²) in [5.41, 5.74) is 3.29. The number of para-hydroxylation sites is 1. The number of amides is 4. The Morgan fingerprint density at radius 2 is 2.00 bits per heavy atom. The maximum absolute atomic E-state index is 12.7. The third-order valence-electron chi connectivity index (χ3n) is 4.96. The molecule has 2 heterocycles. The molecule has 7 nitrogen and oxygen atoms in total. The van der Waals surface area contributed by atoms with Crippen molar-refractivity contribution in [2.45, 2.75) is 19.4 Å². The van der Waals surface area contributed by atoms with Gasteiger partial charge in [-0.05, 0) is 36.2 Å². The number of carbonyl (C=O) groups is 3. The predicted molar refractivity (Wildman–Crippen MR) is 111 cm³/mol. The van der Waals surface area contributed by atoms with Crippen LogP contribution in [0.4, 0.5) is 10.5 Å². The van der Waals surface area contributed by atoms with Crippen LogP contribution < -0.4 is 10.6 Å². The first-order valence-electron chi connectivity index (χ1n) is 9.15. The van der Waals surface area contributed by atoms with Gasteiger partial charge in [0, 0.05) is 34.2 Å². The van der Waals surface area contributed by atoms with Crippen molar-refractivity contribution in [3.05, 3.63) is 64.8 Å². The average molecular weight is 411 g/mol. The minimum absolute atomic E-state index is 0.347. The van der Waals surface area contributed by atoms with Gasteiger partial charge in [0.05, 0.1) is 0 Å². The summed E-state index contributed by atoms with van der Waals surface area (Å²) in [6.07, 6.45) is 2.18. The van der Waals surface area contributed by atoms with Crippen LogP contribution in [0.25, 0.3) is 10.9 Å². The SMILES string of the molecule is Cc1ccc(NC(=O)CN2C(=O)NC(Cc3c[nH]c4ccccc34)C2=O)cc1Cl. The van der Waals surface area contributed by atoms with E-state index in [2.05, 4.69) is 15.6 Å². The summed E-state index contributed by atoms with van der Waals surface area (Å²) in [6, 6.07) is 11.6. The third kappa shape index (κ3) is 3.82. The molecule has 148 valence electrons. The van der Waals surface area contributed by atoms with Gasteiger partial charge < -0.3 is 15.6 Å². The van der Waals surface area contributed by atoms with E-state index in [4.69, 9.17) is 11.6 Å². The summed E-state index contributed by atoms with van der Waals surface area (Å²) in [5, 5.41) is 6.85. The number of H-pyrrole nitrogens is 1. The molecule has 29 heavy (non-hydrogen) atoms. The number of nitrogens with zero attached hydrogens (tertiary/aromatic N) is 1. The van der Waals surface area contributed by atoms with E-state index in [-0.39, 0.29) is 6.54 Å². The van der Waals surface area contributed by atoms with Crippen LogP contribution in [0.5, 0.6) is 0 Å². The zero-order valence-corrected chi connectivity index (χ0v) is 16.4. The average Bonchev–Trinajstić information content (AvgIpc) is 3.21. The monoisotopic (exact) mass is 410 g/mol. The Morgan fingerprint density at radius 3 is 2.79 bits per heavy atom. The van der Waals surface area contributed by atoms with E-state index in [0.29, 0.717) is 17.1 Å². The van der Waals surface area contributed by atoms with E-state index >= 15 is 0 Å². The zero-order valence-electron chi connectivity index (χ0n) is 15.7. The third-order valence-corrected chi connectivity index (χ3v) is 5.37. The highest BCUT2D eigenvalue weighted by Gasteiger charge is 2.39. The number of halogens is 1. The first kappa shape index (κ1) is 19.0. The first-order valence-corrected chi connectivity index (χ1v) is 9.53. The largest absolute Gasteiger partial charge is 0.361 e. The maximum atomic E-state index is 12.7. The standard InChI is InChI=1S/C21H19ClN4O3/c1-12-6-7-14(9-16(12)22)24-19(27)11-26-20(28)18(25-21(26)29)8-13-10-23-17-5-3-2-4-15(13)17/h2-7,9-10,18,23H,8,11H2,1H3,(H,24,27)(H,25,29). The summed E-state index contributed by atoms with van der Waals surface area (Å²) in [4.78, 5) is 41.4. The summed E-state index contributed by atoms with van der Waals surface area (Å²) in [7, 11) is 0. The second-order valence-corrected chi connectivity index (χ2v) is 7.41. The molecule has 1 fully saturated rings. The molecule has 2 aromatic carbocycles. The molecule has 1 aliphatic heterocycles. The minimum atomic E-state index is -0.705. The molecular weight excluding hydrogens is 392 g/mol. The van der Waals surface area contributed by atoms with Crippen LogP contribution in [0.2, 0.25) is 5.02 Å². The lowest BCUT2D eigenvalue weighted by Gasteiger charge is -2.13. The molecule has 1 aliphatic rings. The molecule has 1 saturated heterocycles. The van der Waals surface area contributed by atoms with E-state index in [1.807, 2.05) is 37.4 Å². The molecule has 3 aromatic rings. The predicted octanol–water partition coefficient (Wildman–Crippen LogP) is 3.23. The lowest BCUT2D eigenvalue weighted by molar-refractivity contribution is -0.130. The molecule has 3 N–H and O–H groups in total. The number of anilines is 1. The molecule has 1 unspecified atom stereocenters. The van der Waals surface area contributed by atoms with Gasteiger partial charge in [0.15, 0.2) is 0 Å². The van der Waals surface area contributed by atoms with Crippen LogP contribution in [-0.2, 0) is 16.0 Å². The Kier molecular flexibility index (Phi) is 4.98. The molecule has 8 heteroatoms. The highest BCUT2D eigenvalue weighted by molar-refractivity contribution is 6.31. The highest BCUT2D eigenvalue weighted by Crippen LogP contribution is 2.22. The van der Waals surface area contributed by atoms with Crippen molar-refractivity contribution < 1.29 is 14.4 Å². The van der Waals surface area contributed by atoms with Gasteiger partial charge in [0.2, 0.25) is 5.91 Å². The number of hydrogen-bond acceptors (Lipinski definition) is 3. The zero-order chi connectivity index (χ0) is 20.5. The van der Waals surface area contributed by atoms with Crippen LogP contribution in [0.15, 0.2) is 48.7 Å². The lowest BCUT2D eigenvalue weighted by atomic mass is 10.1. The Morgan fingerprint density at radius 1 is 1.21 bits per heavy atom. The highest BCUT2D eigenvalue weighted by atomic mass is 35.5. The van der Waals surface area contributed by atoms with Gasteiger partial charge in [-0.15, -0.1) is 0 Å². The van der Waals surface area contributed by atoms with Crippen molar-refractivity contribution in [1.82, 2.24) is 15.2 Å². The fourth-order valence-electron chi connectivity index (χ4n) is 3.40. The number of benzene rings is 2. The Balaban J connectivity index is 1.42. The van der Waals surface area contributed by atoms with Crippen molar-refractivity contribution in [3.63, 3.8) is 0 Å². The summed E-state index contributed by atoms with van der Waals surface area (Å²) in [5.74, 6) is -0.890. The number of hydrogen-bond donors (Lipinski definition) is 3. The number of rotatable bonds is 5. The van der Waals surface area contributed by atoms with Crippen LogP contribution in [0.3, 0.4) is 0 Å². The van der Waals surface area contributed by atoms with E-state index in [1.165, 1.54) is 0 Å². The number of aryl methyl sites for hydroxylation is 1. The van der Waals surface area contributed by atoms with Gasteiger partial charge in [-0.3, -0.25) is 14.5 Å². The molecule has 1 aromatic heterocycles. The van der Waals surface area contributed by atoms with Crippen LogP contribution in [-0.4, -0.2) is 40.3 Å². The second-order valence-electron chi connectivity index (χ2n) is 7.00. The first-order chi connectivity index (χ1) is 13.9. The number of carbonyl (C=O) groups excluding carboxylic acids is 3. The molecule has 0 radical (unpaired) electrons. The number of imide groups is 1. The summed E-state index contributed by atoms with van der Waals surface area (Å²) in [6.45, 7) is 1.50. The molecular formula is C21H19ClN4O3. The lowest BCUT2D eigenvalue weighted by Crippen LogP contribution is -2.38. The number of aromatic amines is 1. The van der Waals surface area contributed by atoms with Crippen molar-refractivity contribution in [3.8, 4) is 0 Å². The quantitative estimate of drug-likeness (QED) is 0.563. The number of nitrogens with one attached hydrogen (secondary N) is 3. The topological polar surface area (TPSA) is 94.3 Å². The van der Waals surface area contributed by atoms with Crippen LogP contribution >= 0.6 is 11.6 Å². The van der Waals surface area contributed by atoms with Gasteiger partial charge in [0.1, 0.15) is 12.6 Å². The molecule has 0 bridgehead atoms. The minimum Gasteiger partial charge on any atom is -0.361 e. The van der Waals surface area contributed by atoms with Gasteiger partial charge >= 0.3 is 6.03 Å². The van der Waals surface area contributed by atoms with Crippen LogP contribution in [0.1, 0.15) is 11.1 Å². The van der Waals surface area contributed by atoms with Gasteiger partial charge in [-0.1, -0.05) is 35.9 Å². The van der Waals surface area contributed by atoms with Crippen molar-refractivity contribution >= 4 is 46.0 Å². The maximum Gasteiger partial charge on any atom is 0.325 e. The molecule has 4 rings (SSSR count).